The molecule has 0 fully saturated rings. The Morgan fingerprint density at radius 3 is 2.51 bits per heavy atom. The topological polar surface area (TPSA) is 93.3 Å². The van der Waals surface area contributed by atoms with Gasteiger partial charge in [-0.25, -0.2) is 9.07 Å². The number of rotatable bonds is 8. The maximum Gasteiger partial charge on any atom is 0.251 e. The van der Waals surface area contributed by atoms with Crippen molar-refractivity contribution in [3.63, 3.8) is 0 Å². The van der Waals surface area contributed by atoms with Gasteiger partial charge in [-0.15, -0.1) is 5.10 Å². The molecular formula is C26H28FN5O3. The van der Waals surface area contributed by atoms with Crippen LogP contribution in [0.4, 0.5) is 10.1 Å². The number of benzene rings is 2. The zero-order valence-corrected chi connectivity index (χ0v) is 20.2. The number of carbonyl (C=O) groups is 2. The summed E-state index contributed by atoms with van der Waals surface area (Å²) >= 11 is 0. The van der Waals surface area contributed by atoms with Gasteiger partial charge in [-0.1, -0.05) is 36.4 Å². The van der Waals surface area contributed by atoms with Gasteiger partial charge in [-0.05, 0) is 63.6 Å². The second-order valence-electron chi connectivity index (χ2n) is 9.03. The van der Waals surface area contributed by atoms with Crippen LogP contribution in [0, 0.1) is 12.7 Å². The highest BCUT2D eigenvalue weighted by atomic mass is 19.1. The molecule has 1 atom stereocenters. The number of fused-ring (bicyclic) bond motifs is 1. The van der Waals surface area contributed by atoms with E-state index in [-0.39, 0.29) is 18.0 Å². The summed E-state index contributed by atoms with van der Waals surface area (Å²) < 4.78 is 22.3. The number of furan rings is 1. The molecule has 0 unspecified atom stereocenters. The van der Waals surface area contributed by atoms with Crippen molar-refractivity contribution < 1.29 is 18.4 Å². The summed E-state index contributed by atoms with van der Waals surface area (Å²) in [5.74, 6) is -0.872. The van der Waals surface area contributed by atoms with E-state index in [4.69, 9.17) is 4.42 Å². The molecule has 0 radical (unpaired) electrons. The normalized spacial score (nSPS) is 12.5. The molecule has 8 nitrogen and oxygen atoms in total. The summed E-state index contributed by atoms with van der Waals surface area (Å²) in [5.41, 5.74) is 0.684. The average molecular weight is 478 g/mol. The van der Waals surface area contributed by atoms with E-state index in [2.05, 4.69) is 15.6 Å². The highest BCUT2D eigenvalue weighted by molar-refractivity contribution is 6.01. The number of nitrogens with zero attached hydrogens (tertiary/aromatic N) is 4. The van der Waals surface area contributed by atoms with E-state index in [1.807, 2.05) is 32.9 Å². The number of carbonyl (C=O) groups excluding carboxylic acids is 2. The monoisotopic (exact) mass is 477 g/mol. The van der Waals surface area contributed by atoms with Crippen molar-refractivity contribution in [2.45, 2.75) is 52.2 Å². The minimum atomic E-state index is -1.24. The molecule has 182 valence electrons. The number of hydrogen-bond acceptors (Lipinski definition) is 5. The molecule has 0 aliphatic rings. The second-order valence-corrected chi connectivity index (χ2v) is 9.03. The maximum absolute atomic E-state index is 15.1. The fourth-order valence-electron chi connectivity index (χ4n) is 3.77. The summed E-state index contributed by atoms with van der Waals surface area (Å²) in [6.45, 7) is 7.20. The molecule has 9 heteroatoms. The van der Waals surface area contributed by atoms with E-state index in [9.17, 15) is 9.59 Å². The van der Waals surface area contributed by atoms with Crippen LogP contribution in [0.15, 0.2) is 65.1 Å². The second kappa shape index (κ2) is 9.69. The highest BCUT2D eigenvalue weighted by Gasteiger charge is 2.38. The van der Waals surface area contributed by atoms with Crippen LogP contribution in [0.2, 0.25) is 0 Å². The number of nitrogens with one attached hydrogen (secondary N) is 1. The van der Waals surface area contributed by atoms with E-state index >= 15 is 4.39 Å². The number of amides is 2. The van der Waals surface area contributed by atoms with Gasteiger partial charge in [0.05, 0.1) is 11.2 Å². The van der Waals surface area contributed by atoms with Crippen molar-refractivity contribution in [1.82, 2.24) is 20.3 Å². The SMILES string of the molecule is CCC(C)(C)NC(=O)[C@H](c1ccc(C)o1)N(C(=O)Cn1nnc2ccccc21)c1ccccc1F. The largest absolute Gasteiger partial charge is 0.464 e. The molecule has 0 bridgehead atoms. The molecule has 2 aromatic carbocycles. The molecule has 2 amide bonds. The standard InChI is InChI=1S/C26H28FN5O3/c1-5-26(3,4)28-25(34)24(22-15-14-17(2)35-22)32(20-12-8-6-10-18(20)27)23(33)16-31-21-13-9-7-11-19(21)29-30-31/h6-15,24H,5,16H2,1-4H3,(H,28,34)/t24-/m0/s1. The van der Waals surface area contributed by atoms with Crippen molar-refractivity contribution >= 4 is 28.5 Å². The van der Waals surface area contributed by atoms with Crippen LogP contribution in [0.25, 0.3) is 11.0 Å². The Hall–Kier alpha value is -4.01. The Labute approximate surface area is 202 Å². The Morgan fingerprint density at radius 2 is 1.83 bits per heavy atom. The molecule has 35 heavy (non-hydrogen) atoms. The van der Waals surface area contributed by atoms with Gasteiger partial charge in [-0.2, -0.15) is 0 Å². The van der Waals surface area contributed by atoms with Gasteiger partial charge in [-0.3, -0.25) is 14.5 Å². The van der Waals surface area contributed by atoms with Gasteiger partial charge in [0.25, 0.3) is 5.91 Å². The first kappa shape index (κ1) is 24.1. The van der Waals surface area contributed by atoms with Crippen LogP contribution in [0.3, 0.4) is 0 Å². The molecule has 0 spiro atoms. The minimum Gasteiger partial charge on any atom is -0.464 e. The third-order valence-electron chi connectivity index (χ3n) is 5.97. The summed E-state index contributed by atoms with van der Waals surface area (Å²) in [5, 5.41) is 11.2. The lowest BCUT2D eigenvalue weighted by Gasteiger charge is -2.33. The number of halogens is 1. The number of aromatic nitrogens is 3. The van der Waals surface area contributed by atoms with Crippen LogP contribution in [0.1, 0.15) is 44.8 Å². The first-order chi connectivity index (χ1) is 16.7. The molecule has 4 aromatic rings. The number of aryl methyl sites for hydroxylation is 1. The molecule has 0 aliphatic carbocycles. The van der Waals surface area contributed by atoms with Crippen molar-refractivity contribution in [2.24, 2.45) is 0 Å². The fourth-order valence-corrected chi connectivity index (χ4v) is 3.77. The van der Waals surface area contributed by atoms with Gasteiger partial charge in [0, 0.05) is 5.54 Å². The van der Waals surface area contributed by atoms with Crippen molar-refractivity contribution in [3.8, 4) is 0 Å². The first-order valence-corrected chi connectivity index (χ1v) is 11.4. The summed E-state index contributed by atoms with van der Waals surface area (Å²) in [6.07, 6.45) is 0.654. The molecule has 4 rings (SSSR count). The van der Waals surface area contributed by atoms with Gasteiger partial charge < -0.3 is 9.73 Å². The zero-order chi connectivity index (χ0) is 25.2. The Balaban J connectivity index is 1.81. The van der Waals surface area contributed by atoms with E-state index in [0.717, 1.165) is 4.90 Å². The highest BCUT2D eigenvalue weighted by Crippen LogP contribution is 2.32. The van der Waals surface area contributed by atoms with Crippen molar-refractivity contribution in [3.05, 3.63) is 78.0 Å². The third-order valence-corrected chi connectivity index (χ3v) is 5.97. The predicted molar refractivity (Wildman–Crippen MR) is 130 cm³/mol. The number of anilines is 1. The van der Waals surface area contributed by atoms with Gasteiger partial charge in [0.2, 0.25) is 5.91 Å². The van der Waals surface area contributed by atoms with E-state index in [0.29, 0.717) is 23.2 Å². The minimum absolute atomic E-state index is 0.0366. The van der Waals surface area contributed by atoms with Gasteiger partial charge >= 0.3 is 0 Å². The van der Waals surface area contributed by atoms with Crippen LogP contribution < -0.4 is 10.2 Å². The number of hydrogen-bond donors (Lipinski definition) is 1. The lowest BCUT2D eigenvalue weighted by Crippen LogP contribution is -2.51. The maximum atomic E-state index is 15.1. The van der Waals surface area contributed by atoms with Gasteiger partial charge in [0.15, 0.2) is 6.04 Å². The molecule has 2 aromatic heterocycles. The lowest BCUT2D eigenvalue weighted by atomic mass is 10.0. The Kier molecular flexibility index (Phi) is 6.68. The van der Waals surface area contributed by atoms with Crippen LogP contribution in [-0.4, -0.2) is 32.3 Å². The van der Waals surface area contributed by atoms with Crippen LogP contribution in [0.5, 0.6) is 0 Å². The lowest BCUT2D eigenvalue weighted by molar-refractivity contribution is -0.128. The average Bonchev–Trinajstić information content (AvgIpc) is 3.44. The van der Waals surface area contributed by atoms with Crippen molar-refractivity contribution in [2.75, 3.05) is 4.90 Å². The molecule has 2 heterocycles. The molecular weight excluding hydrogens is 449 g/mol. The smallest absolute Gasteiger partial charge is 0.251 e. The molecule has 0 saturated carbocycles. The zero-order valence-electron chi connectivity index (χ0n) is 20.2. The Morgan fingerprint density at radius 1 is 1.11 bits per heavy atom. The fraction of sp³-hybridized carbons (Fsp3) is 0.308. The van der Waals surface area contributed by atoms with Gasteiger partial charge in [0.1, 0.15) is 29.4 Å². The molecule has 0 saturated heterocycles. The number of para-hydroxylation sites is 2. The first-order valence-electron chi connectivity index (χ1n) is 11.4. The quantitative estimate of drug-likeness (QED) is 0.402. The summed E-state index contributed by atoms with van der Waals surface area (Å²) in [6, 6.07) is 15.2. The van der Waals surface area contributed by atoms with Crippen LogP contribution >= 0.6 is 0 Å². The van der Waals surface area contributed by atoms with E-state index in [1.54, 1.807) is 37.3 Å². The molecule has 0 aliphatic heterocycles. The summed E-state index contributed by atoms with van der Waals surface area (Å²) in [4.78, 5) is 28.6. The van der Waals surface area contributed by atoms with Crippen LogP contribution in [-0.2, 0) is 16.1 Å². The van der Waals surface area contributed by atoms with E-state index < -0.39 is 29.2 Å². The van der Waals surface area contributed by atoms with E-state index in [1.165, 1.54) is 22.9 Å². The van der Waals surface area contributed by atoms with Crippen molar-refractivity contribution in [1.29, 1.82) is 0 Å². The predicted octanol–water partition coefficient (Wildman–Crippen LogP) is 4.55. The molecule has 1 N–H and O–H groups in total. The third kappa shape index (κ3) is 5.08. The Bertz CT molecular complexity index is 1360. The summed E-state index contributed by atoms with van der Waals surface area (Å²) in [7, 11) is 0.